The van der Waals surface area contributed by atoms with Crippen molar-refractivity contribution in [1.82, 2.24) is 9.88 Å². The Morgan fingerprint density at radius 2 is 2.20 bits per heavy atom. The van der Waals surface area contributed by atoms with Crippen molar-refractivity contribution in [3.63, 3.8) is 0 Å². The van der Waals surface area contributed by atoms with E-state index in [9.17, 15) is 0 Å². The molecule has 0 spiro atoms. The van der Waals surface area contributed by atoms with Crippen LogP contribution < -0.4 is 0 Å². The van der Waals surface area contributed by atoms with Gasteiger partial charge in [0, 0.05) is 30.7 Å². The molecule has 2 heterocycles. The lowest BCUT2D eigenvalue weighted by molar-refractivity contribution is 0.0336. The Bertz CT molecular complexity index is 296. The van der Waals surface area contributed by atoms with Crippen LogP contribution in [0.1, 0.15) is 5.69 Å². The molecule has 0 N–H and O–H groups in total. The molecule has 15 heavy (non-hydrogen) atoms. The molecule has 1 aliphatic heterocycles. The molecule has 1 aromatic rings. The van der Waals surface area contributed by atoms with Gasteiger partial charge < -0.3 is 4.74 Å². The minimum absolute atomic E-state index is 0.850. The highest BCUT2D eigenvalue weighted by Gasteiger charge is 2.10. The molecule has 1 aliphatic rings. The second-order valence-corrected chi connectivity index (χ2v) is 4.46. The lowest BCUT2D eigenvalue weighted by atomic mass is 10.3. The van der Waals surface area contributed by atoms with Gasteiger partial charge in [0.05, 0.1) is 18.9 Å². The molecule has 0 aliphatic carbocycles. The highest BCUT2D eigenvalue weighted by atomic mass is 32.2. The van der Waals surface area contributed by atoms with E-state index in [1.807, 2.05) is 6.20 Å². The van der Waals surface area contributed by atoms with Crippen LogP contribution in [0.15, 0.2) is 23.2 Å². The first-order chi connectivity index (χ1) is 7.38. The third-order valence-corrected chi connectivity index (χ3v) is 3.24. The number of ether oxygens (including phenoxy) is 1. The third-order valence-electron chi connectivity index (χ3n) is 2.52. The lowest BCUT2D eigenvalue weighted by Crippen LogP contribution is -2.35. The zero-order valence-electron chi connectivity index (χ0n) is 8.98. The van der Waals surface area contributed by atoms with Crippen LogP contribution in [0.3, 0.4) is 0 Å². The summed E-state index contributed by atoms with van der Waals surface area (Å²) in [6.07, 6.45) is 4.01. The van der Waals surface area contributed by atoms with E-state index in [2.05, 4.69) is 28.3 Å². The van der Waals surface area contributed by atoms with Crippen molar-refractivity contribution in [3.8, 4) is 0 Å². The number of morpholine rings is 1. The third kappa shape index (κ3) is 3.19. The van der Waals surface area contributed by atoms with Crippen molar-refractivity contribution in [2.45, 2.75) is 11.4 Å². The van der Waals surface area contributed by atoms with E-state index in [4.69, 9.17) is 4.74 Å². The van der Waals surface area contributed by atoms with Gasteiger partial charge in [-0.05, 0) is 18.4 Å². The van der Waals surface area contributed by atoms with Gasteiger partial charge in [-0.3, -0.25) is 9.88 Å². The summed E-state index contributed by atoms with van der Waals surface area (Å²) in [5.74, 6) is 0. The van der Waals surface area contributed by atoms with Crippen LogP contribution >= 0.6 is 11.8 Å². The molecule has 82 valence electrons. The molecular weight excluding hydrogens is 208 g/mol. The molecule has 0 atom stereocenters. The molecule has 0 radical (unpaired) electrons. The Balaban J connectivity index is 1.91. The number of pyridine rings is 1. The number of hydrogen-bond acceptors (Lipinski definition) is 4. The maximum absolute atomic E-state index is 5.31. The monoisotopic (exact) mass is 224 g/mol. The Morgan fingerprint density at radius 1 is 1.40 bits per heavy atom. The number of thioether (sulfide) groups is 1. The van der Waals surface area contributed by atoms with Crippen molar-refractivity contribution >= 4 is 11.8 Å². The summed E-state index contributed by atoms with van der Waals surface area (Å²) < 4.78 is 5.31. The minimum Gasteiger partial charge on any atom is -0.379 e. The molecule has 3 nitrogen and oxygen atoms in total. The van der Waals surface area contributed by atoms with Crippen LogP contribution in [0, 0.1) is 0 Å². The number of nitrogens with zero attached hydrogens (tertiary/aromatic N) is 2. The first-order valence-corrected chi connectivity index (χ1v) is 6.40. The van der Waals surface area contributed by atoms with Crippen LogP contribution in [0.5, 0.6) is 0 Å². The summed E-state index contributed by atoms with van der Waals surface area (Å²) in [7, 11) is 0. The van der Waals surface area contributed by atoms with E-state index in [0.717, 1.165) is 38.5 Å². The van der Waals surface area contributed by atoms with Crippen molar-refractivity contribution < 1.29 is 4.74 Å². The maximum Gasteiger partial charge on any atom is 0.0594 e. The molecule has 0 saturated carbocycles. The molecule has 1 aromatic heterocycles. The SMILES string of the molecule is CSc1ccc(CN2CCOCC2)nc1. The minimum atomic E-state index is 0.850. The van der Waals surface area contributed by atoms with Gasteiger partial charge in [-0.25, -0.2) is 0 Å². The van der Waals surface area contributed by atoms with Crippen molar-refractivity contribution in [2.24, 2.45) is 0 Å². The van der Waals surface area contributed by atoms with Crippen LogP contribution in [-0.4, -0.2) is 42.4 Å². The van der Waals surface area contributed by atoms with Gasteiger partial charge in [-0.2, -0.15) is 0 Å². The molecule has 4 heteroatoms. The average molecular weight is 224 g/mol. The fourth-order valence-corrected chi connectivity index (χ4v) is 1.98. The summed E-state index contributed by atoms with van der Waals surface area (Å²) in [6, 6.07) is 4.24. The standard InChI is InChI=1S/C11H16N2OS/c1-15-11-3-2-10(12-8-11)9-13-4-6-14-7-5-13/h2-3,8H,4-7,9H2,1H3. The largest absolute Gasteiger partial charge is 0.379 e. The fraction of sp³-hybridized carbons (Fsp3) is 0.545. The van der Waals surface area contributed by atoms with E-state index in [-0.39, 0.29) is 0 Å². The second-order valence-electron chi connectivity index (χ2n) is 3.58. The van der Waals surface area contributed by atoms with E-state index in [1.165, 1.54) is 4.90 Å². The number of aromatic nitrogens is 1. The normalized spacial score (nSPS) is 17.9. The van der Waals surface area contributed by atoms with Gasteiger partial charge in [-0.1, -0.05) is 0 Å². The molecule has 0 unspecified atom stereocenters. The molecule has 1 fully saturated rings. The smallest absolute Gasteiger partial charge is 0.0594 e. The Labute approximate surface area is 94.8 Å². The predicted octanol–water partition coefficient (Wildman–Crippen LogP) is 1.64. The molecule has 0 amide bonds. The highest BCUT2D eigenvalue weighted by molar-refractivity contribution is 7.98. The van der Waals surface area contributed by atoms with Crippen LogP contribution in [0.25, 0.3) is 0 Å². The first kappa shape index (κ1) is 10.9. The van der Waals surface area contributed by atoms with Crippen molar-refractivity contribution in [2.75, 3.05) is 32.6 Å². The van der Waals surface area contributed by atoms with Crippen LogP contribution in [0.4, 0.5) is 0 Å². The Kier molecular flexibility index (Phi) is 4.00. The zero-order chi connectivity index (χ0) is 10.5. The molecule has 0 aromatic carbocycles. The summed E-state index contributed by atoms with van der Waals surface area (Å²) in [6.45, 7) is 4.68. The van der Waals surface area contributed by atoms with E-state index in [1.54, 1.807) is 11.8 Å². The zero-order valence-corrected chi connectivity index (χ0v) is 9.80. The number of hydrogen-bond donors (Lipinski definition) is 0. The van der Waals surface area contributed by atoms with Crippen molar-refractivity contribution in [1.29, 1.82) is 0 Å². The van der Waals surface area contributed by atoms with Gasteiger partial charge in [0.25, 0.3) is 0 Å². The van der Waals surface area contributed by atoms with Gasteiger partial charge in [0.2, 0.25) is 0 Å². The van der Waals surface area contributed by atoms with Gasteiger partial charge in [-0.15, -0.1) is 11.8 Å². The topological polar surface area (TPSA) is 25.4 Å². The van der Waals surface area contributed by atoms with Gasteiger partial charge >= 0.3 is 0 Å². The molecule has 0 bridgehead atoms. The van der Waals surface area contributed by atoms with E-state index in [0.29, 0.717) is 0 Å². The van der Waals surface area contributed by atoms with E-state index < -0.39 is 0 Å². The second kappa shape index (κ2) is 5.49. The summed E-state index contributed by atoms with van der Waals surface area (Å²) in [5, 5.41) is 0. The summed E-state index contributed by atoms with van der Waals surface area (Å²) >= 11 is 1.73. The summed E-state index contributed by atoms with van der Waals surface area (Å²) in [5.41, 5.74) is 1.15. The molecule has 2 rings (SSSR count). The summed E-state index contributed by atoms with van der Waals surface area (Å²) in [4.78, 5) is 8.04. The molecular formula is C11H16N2OS. The van der Waals surface area contributed by atoms with Crippen molar-refractivity contribution in [3.05, 3.63) is 24.0 Å². The average Bonchev–Trinajstić information content (AvgIpc) is 2.31. The Hall–Kier alpha value is -0.580. The van der Waals surface area contributed by atoms with Crippen LogP contribution in [0.2, 0.25) is 0 Å². The maximum atomic E-state index is 5.31. The van der Waals surface area contributed by atoms with Crippen LogP contribution in [-0.2, 0) is 11.3 Å². The fourth-order valence-electron chi connectivity index (χ4n) is 1.61. The Morgan fingerprint density at radius 3 is 2.80 bits per heavy atom. The number of rotatable bonds is 3. The predicted molar refractivity (Wildman–Crippen MR) is 62.1 cm³/mol. The highest BCUT2D eigenvalue weighted by Crippen LogP contribution is 2.13. The molecule has 1 saturated heterocycles. The quantitative estimate of drug-likeness (QED) is 0.729. The first-order valence-electron chi connectivity index (χ1n) is 5.17. The van der Waals surface area contributed by atoms with Gasteiger partial charge in [0.1, 0.15) is 0 Å². The van der Waals surface area contributed by atoms with Gasteiger partial charge in [0.15, 0.2) is 0 Å². The van der Waals surface area contributed by atoms with E-state index >= 15 is 0 Å². The lowest BCUT2D eigenvalue weighted by Gasteiger charge is -2.26.